The van der Waals surface area contributed by atoms with E-state index in [4.69, 9.17) is 0 Å². The van der Waals surface area contributed by atoms with E-state index in [2.05, 4.69) is 25.7 Å². The van der Waals surface area contributed by atoms with Crippen LogP contribution in [0.3, 0.4) is 0 Å². The highest BCUT2D eigenvalue weighted by Gasteiger charge is 2.23. The predicted molar refractivity (Wildman–Crippen MR) is 53.2 cm³/mol. The van der Waals surface area contributed by atoms with Gasteiger partial charge in [-0.25, -0.2) is 18.6 Å². The predicted octanol–water partition coefficient (Wildman–Crippen LogP) is 2.70. The average Bonchev–Trinajstić information content (AvgIpc) is 2.26. The van der Waals surface area contributed by atoms with Crippen LogP contribution in [0.1, 0.15) is 28.0 Å². The van der Waals surface area contributed by atoms with E-state index in [9.17, 15) is 13.6 Å². The van der Waals surface area contributed by atoms with Gasteiger partial charge in [-0.2, -0.15) is 0 Å². The van der Waals surface area contributed by atoms with E-state index in [1.807, 2.05) is 0 Å². The molecule has 0 amide bonds. The third-order valence-electron chi connectivity index (χ3n) is 1.82. The van der Waals surface area contributed by atoms with Crippen molar-refractivity contribution in [3.8, 4) is 0 Å². The lowest BCUT2D eigenvalue weighted by molar-refractivity contribution is 0.0581. The van der Waals surface area contributed by atoms with Gasteiger partial charge in [-0.1, -0.05) is 15.9 Å². The molecule has 82 valence electrons. The SMILES string of the molecule is COC(=O)c1nccc(CBr)c1C(F)F. The number of hydrogen-bond donors (Lipinski definition) is 0. The largest absolute Gasteiger partial charge is 0.464 e. The average molecular weight is 280 g/mol. The molecule has 0 spiro atoms. The summed E-state index contributed by atoms with van der Waals surface area (Å²) in [6.45, 7) is 0. The molecule has 0 aliphatic carbocycles. The number of ether oxygens (including phenoxy) is 1. The highest BCUT2D eigenvalue weighted by atomic mass is 79.9. The van der Waals surface area contributed by atoms with Gasteiger partial charge in [0.05, 0.1) is 12.7 Å². The lowest BCUT2D eigenvalue weighted by atomic mass is 10.1. The second-order valence-electron chi connectivity index (χ2n) is 2.66. The van der Waals surface area contributed by atoms with Crippen LogP contribution in [-0.2, 0) is 10.1 Å². The van der Waals surface area contributed by atoms with Crippen molar-refractivity contribution in [1.82, 2.24) is 4.98 Å². The molecule has 0 radical (unpaired) electrons. The summed E-state index contributed by atoms with van der Waals surface area (Å²) in [7, 11) is 1.13. The number of methoxy groups -OCH3 is 1. The zero-order valence-electron chi connectivity index (χ0n) is 7.84. The fraction of sp³-hybridized carbons (Fsp3) is 0.333. The molecule has 1 aromatic rings. The highest BCUT2D eigenvalue weighted by molar-refractivity contribution is 9.08. The molecule has 0 unspecified atom stereocenters. The van der Waals surface area contributed by atoms with Crippen molar-refractivity contribution in [3.05, 3.63) is 29.1 Å². The Morgan fingerprint density at radius 2 is 2.33 bits per heavy atom. The molecule has 1 heterocycles. The number of esters is 1. The van der Waals surface area contributed by atoms with Crippen molar-refractivity contribution >= 4 is 21.9 Å². The molecule has 0 aliphatic rings. The molecule has 0 bridgehead atoms. The highest BCUT2D eigenvalue weighted by Crippen LogP contribution is 2.27. The number of aromatic nitrogens is 1. The maximum atomic E-state index is 12.7. The second kappa shape index (κ2) is 5.16. The molecule has 0 N–H and O–H groups in total. The standard InChI is InChI=1S/C9H8BrF2NO2/c1-15-9(14)7-6(8(11)12)5(4-10)2-3-13-7/h2-3,8H,4H2,1H3. The summed E-state index contributed by atoms with van der Waals surface area (Å²) in [5.41, 5.74) is -0.369. The van der Waals surface area contributed by atoms with Crippen LogP contribution < -0.4 is 0 Å². The van der Waals surface area contributed by atoms with E-state index < -0.39 is 12.4 Å². The van der Waals surface area contributed by atoms with Crippen molar-refractivity contribution in [1.29, 1.82) is 0 Å². The molecule has 0 saturated carbocycles. The van der Waals surface area contributed by atoms with Gasteiger partial charge in [-0.15, -0.1) is 0 Å². The molecule has 0 aliphatic heterocycles. The second-order valence-corrected chi connectivity index (χ2v) is 3.22. The minimum Gasteiger partial charge on any atom is -0.464 e. The Labute approximate surface area is 93.6 Å². The summed E-state index contributed by atoms with van der Waals surface area (Å²) in [6, 6.07) is 1.43. The first-order valence-electron chi connectivity index (χ1n) is 4.02. The van der Waals surface area contributed by atoms with Crippen LogP contribution in [0.5, 0.6) is 0 Å². The molecule has 3 nitrogen and oxygen atoms in total. The zero-order chi connectivity index (χ0) is 11.4. The third kappa shape index (κ3) is 2.50. The van der Waals surface area contributed by atoms with Gasteiger partial charge in [0.1, 0.15) is 0 Å². The van der Waals surface area contributed by atoms with Crippen LogP contribution in [0.15, 0.2) is 12.3 Å². The maximum absolute atomic E-state index is 12.7. The van der Waals surface area contributed by atoms with E-state index in [-0.39, 0.29) is 16.6 Å². The van der Waals surface area contributed by atoms with Gasteiger partial charge < -0.3 is 4.74 Å². The number of alkyl halides is 3. The first-order valence-corrected chi connectivity index (χ1v) is 5.14. The number of halogens is 3. The van der Waals surface area contributed by atoms with Gasteiger partial charge in [-0.05, 0) is 11.6 Å². The third-order valence-corrected chi connectivity index (χ3v) is 2.43. The molecule has 1 rings (SSSR count). The molecule has 0 saturated heterocycles. The lowest BCUT2D eigenvalue weighted by Crippen LogP contribution is -2.10. The molecule has 0 fully saturated rings. The molecule has 15 heavy (non-hydrogen) atoms. The molecular weight excluding hydrogens is 272 g/mol. The van der Waals surface area contributed by atoms with Crippen LogP contribution in [0.25, 0.3) is 0 Å². The number of rotatable bonds is 3. The van der Waals surface area contributed by atoms with Crippen LogP contribution in [0.2, 0.25) is 0 Å². The van der Waals surface area contributed by atoms with Gasteiger partial charge >= 0.3 is 5.97 Å². The van der Waals surface area contributed by atoms with Crippen LogP contribution in [-0.4, -0.2) is 18.1 Å². The Hall–Kier alpha value is -1.04. The fourth-order valence-corrected chi connectivity index (χ4v) is 1.62. The van der Waals surface area contributed by atoms with Gasteiger partial charge in [0, 0.05) is 11.5 Å². The molecule has 1 aromatic heterocycles. The Bertz CT molecular complexity index is 371. The molecule has 6 heteroatoms. The van der Waals surface area contributed by atoms with Crippen LogP contribution >= 0.6 is 15.9 Å². The van der Waals surface area contributed by atoms with Gasteiger partial charge in [0.25, 0.3) is 6.43 Å². The summed E-state index contributed by atoms with van der Waals surface area (Å²) in [6.07, 6.45) is -1.45. The van der Waals surface area contributed by atoms with Crippen molar-refractivity contribution in [2.45, 2.75) is 11.8 Å². The zero-order valence-corrected chi connectivity index (χ0v) is 9.42. The monoisotopic (exact) mass is 279 g/mol. The molecule has 0 aromatic carbocycles. The normalized spacial score (nSPS) is 10.5. The summed E-state index contributed by atoms with van der Waals surface area (Å²) < 4.78 is 29.8. The first kappa shape index (κ1) is 12.0. The Morgan fingerprint density at radius 1 is 1.67 bits per heavy atom. The number of nitrogens with zero attached hydrogens (tertiary/aromatic N) is 1. The van der Waals surface area contributed by atoms with Crippen molar-refractivity contribution in [2.75, 3.05) is 7.11 Å². The van der Waals surface area contributed by atoms with E-state index in [1.54, 1.807) is 0 Å². The smallest absolute Gasteiger partial charge is 0.357 e. The van der Waals surface area contributed by atoms with Crippen LogP contribution in [0, 0.1) is 0 Å². The van der Waals surface area contributed by atoms with E-state index in [0.29, 0.717) is 5.56 Å². The van der Waals surface area contributed by atoms with Crippen molar-refractivity contribution in [3.63, 3.8) is 0 Å². The summed E-state index contributed by atoms with van der Waals surface area (Å²) in [4.78, 5) is 14.8. The van der Waals surface area contributed by atoms with Gasteiger partial charge in [0.2, 0.25) is 0 Å². The number of carbonyl (C=O) groups excluding carboxylic acids is 1. The van der Waals surface area contributed by atoms with E-state index in [1.165, 1.54) is 12.3 Å². The Kier molecular flexibility index (Phi) is 4.14. The Balaban J connectivity index is 3.31. The lowest BCUT2D eigenvalue weighted by Gasteiger charge is -2.09. The number of pyridine rings is 1. The minimum absolute atomic E-state index is 0.235. The molecular formula is C9H8BrF2NO2. The van der Waals surface area contributed by atoms with E-state index in [0.717, 1.165) is 7.11 Å². The Morgan fingerprint density at radius 3 is 2.80 bits per heavy atom. The summed E-state index contributed by atoms with van der Waals surface area (Å²) >= 11 is 3.07. The number of hydrogen-bond acceptors (Lipinski definition) is 3. The summed E-state index contributed by atoms with van der Waals surface area (Å²) in [5, 5.41) is 0.235. The minimum atomic E-state index is -2.75. The van der Waals surface area contributed by atoms with Crippen molar-refractivity contribution < 1.29 is 18.3 Å². The molecule has 0 atom stereocenters. The van der Waals surface area contributed by atoms with Crippen LogP contribution in [0.4, 0.5) is 8.78 Å². The van der Waals surface area contributed by atoms with Crippen molar-refractivity contribution in [2.24, 2.45) is 0 Å². The fourth-order valence-electron chi connectivity index (χ4n) is 1.13. The van der Waals surface area contributed by atoms with E-state index >= 15 is 0 Å². The van der Waals surface area contributed by atoms with Gasteiger partial charge in [0.15, 0.2) is 5.69 Å². The first-order chi connectivity index (χ1) is 7.11. The number of carbonyl (C=O) groups is 1. The summed E-state index contributed by atoms with van der Waals surface area (Å²) in [5.74, 6) is -0.854. The maximum Gasteiger partial charge on any atom is 0.357 e. The quantitative estimate of drug-likeness (QED) is 0.631. The topological polar surface area (TPSA) is 39.2 Å². The van der Waals surface area contributed by atoms with Gasteiger partial charge in [-0.3, -0.25) is 0 Å².